The van der Waals surface area contributed by atoms with Gasteiger partial charge in [0.25, 0.3) is 15.9 Å². The van der Waals surface area contributed by atoms with Crippen molar-refractivity contribution in [1.29, 1.82) is 0 Å². The number of anilines is 2. The molecule has 1 fully saturated rings. The molecule has 0 aromatic heterocycles. The number of nitrogens with zero attached hydrogens (tertiary/aromatic N) is 1. The molecule has 0 saturated carbocycles. The summed E-state index contributed by atoms with van der Waals surface area (Å²) < 4.78 is 33.2. The van der Waals surface area contributed by atoms with Crippen molar-refractivity contribution in [2.45, 2.75) is 11.8 Å². The van der Waals surface area contributed by atoms with Crippen LogP contribution in [0.25, 0.3) is 0 Å². The van der Waals surface area contributed by atoms with Gasteiger partial charge in [0.1, 0.15) is 0 Å². The molecule has 9 heteroatoms. The molecule has 0 bridgehead atoms. The summed E-state index contributed by atoms with van der Waals surface area (Å²) in [6, 6.07) is 12.3. The van der Waals surface area contributed by atoms with E-state index in [9.17, 15) is 18.0 Å². The van der Waals surface area contributed by atoms with E-state index in [-0.39, 0.29) is 28.0 Å². The summed E-state index contributed by atoms with van der Waals surface area (Å²) in [7, 11) is -3.90. The van der Waals surface area contributed by atoms with Gasteiger partial charge in [0.15, 0.2) is 0 Å². The van der Waals surface area contributed by atoms with E-state index in [2.05, 4.69) is 10.0 Å². The lowest BCUT2D eigenvalue weighted by atomic mass is 10.1. The highest BCUT2D eigenvalue weighted by Gasteiger charge is 2.23. The number of hydrogen-bond acceptors (Lipinski definition) is 5. The van der Waals surface area contributed by atoms with Gasteiger partial charge in [0, 0.05) is 25.7 Å². The van der Waals surface area contributed by atoms with Crippen molar-refractivity contribution in [3.05, 3.63) is 54.1 Å². The van der Waals surface area contributed by atoms with Gasteiger partial charge in [-0.2, -0.15) is 0 Å². The Morgan fingerprint density at radius 1 is 1.00 bits per heavy atom. The number of ether oxygens (including phenoxy) is 1. The molecule has 0 aliphatic carbocycles. The highest BCUT2D eigenvalue weighted by atomic mass is 32.2. The number of carbonyl (C=O) groups excluding carboxylic acids is 2. The summed E-state index contributed by atoms with van der Waals surface area (Å²) in [6.07, 6.45) is 0. The smallest absolute Gasteiger partial charge is 0.261 e. The summed E-state index contributed by atoms with van der Waals surface area (Å²) in [5, 5.41) is 2.58. The van der Waals surface area contributed by atoms with Crippen LogP contribution in [-0.2, 0) is 19.6 Å². The van der Waals surface area contributed by atoms with E-state index < -0.39 is 10.0 Å². The molecule has 0 radical (unpaired) electrons. The van der Waals surface area contributed by atoms with Gasteiger partial charge in [-0.25, -0.2) is 8.42 Å². The predicted octanol–water partition coefficient (Wildman–Crippen LogP) is 1.92. The SMILES string of the molecule is CC(=O)Nc1ccc(S(=O)(=O)Nc2ccccc2C(=O)N2CCOCC2)cc1. The van der Waals surface area contributed by atoms with Crippen LogP contribution in [0.5, 0.6) is 0 Å². The van der Waals surface area contributed by atoms with Crippen LogP contribution in [-0.4, -0.2) is 51.4 Å². The van der Waals surface area contributed by atoms with Gasteiger partial charge in [-0.05, 0) is 36.4 Å². The number of sulfonamides is 1. The standard InChI is InChI=1S/C19H21N3O5S/c1-14(23)20-15-6-8-16(9-7-15)28(25,26)21-18-5-3-2-4-17(18)19(24)22-10-12-27-13-11-22/h2-9,21H,10-13H2,1H3,(H,20,23). The number of morpholine rings is 1. The molecule has 1 aliphatic rings. The Bertz CT molecular complexity index is 967. The number of amides is 2. The van der Waals surface area contributed by atoms with E-state index in [1.807, 2.05) is 0 Å². The first-order valence-electron chi connectivity index (χ1n) is 8.73. The number of carbonyl (C=O) groups is 2. The molecule has 1 saturated heterocycles. The van der Waals surface area contributed by atoms with Crippen LogP contribution in [0.15, 0.2) is 53.4 Å². The second kappa shape index (κ2) is 8.41. The Kier molecular flexibility index (Phi) is 5.96. The van der Waals surface area contributed by atoms with Crippen LogP contribution < -0.4 is 10.0 Å². The Morgan fingerprint density at radius 2 is 1.64 bits per heavy atom. The van der Waals surface area contributed by atoms with E-state index in [1.165, 1.54) is 31.2 Å². The zero-order chi connectivity index (χ0) is 20.1. The van der Waals surface area contributed by atoms with Gasteiger partial charge < -0.3 is 15.0 Å². The minimum atomic E-state index is -3.90. The molecule has 1 heterocycles. The molecule has 0 spiro atoms. The zero-order valence-corrected chi connectivity index (χ0v) is 16.2. The first-order valence-corrected chi connectivity index (χ1v) is 10.2. The molecule has 28 heavy (non-hydrogen) atoms. The van der Waals surface area contributed by atoms with Crippen molar-refractivity contribution in [3.63, 3.8) is 0 Å². The van der Waals surface area contributed by atoms with Crippen LogP contribution in [0.3, 0.4) is 0 Å². The molecule has 2 amide bonds. The third kappa shape index (κ3) is 4.68. The maximum absolute atomic E-state index is 12.8. The van der Waals surface area contributed by atoms with Crippen LogP contribution in [0.1, 0.15) is 17.3 Å². The van der Waals surface area contributed by atoms with E-state index >= 15 is 0 Å². The summed E-state index contributed by atoms with van der Waals surface area (Å²) in [6.45, 7) is 3.21. The minimum absolute atomic E-state index is 0.0234. The van der Waals surface area contributed by atoms with Gasteiger partial charge in [0.2, 0.25) is 5.91 Å². The fourth-order valence-corrected chi connectivity index (χ4v) is 3.90. The highest BCUT2D eigenvalue weighted by Crippen LogP contribution is 2.23. The lowest BCUT2D eigenvalue weighted by Crippen LogP contribution is -2.41. The maximum atomic E-state index is 12.8. The molecule has 1 aliphatic heterocycles. The molecule has 3 rings (SSSR count). The Morgan fingerprint density at radius 3 is 2.29 bits per heavy atom. The van der Waals surface area contributed by atoms with Crippen LogP contribution >= 0.6 is 0 Å². The topological polar surface area (TPSA) is 105 Å². The second-order valence-electron chi connectivity index (χ2n) is 6.26. The quantitative estimate of drug-likeness (QED) is 0.794. The van der Waals surface area contributed by atoms with Crippen molar-refractivity contribution in [2.24, 2.45) is 0 Å². The zero-order valence-electron chi connectivity index (χ0n) is 15.3. The fraction of sp³-hybridized carbons (Fsp3) is 0.263. The Balaban J connectivity index is 1.82. The summed E-state index contributed by atoms with van der Waals surface area (Å²) >= 11 is 0. The molecule has 2 N–H and O–H groups in total. The van der Waals surface area contributed by atoms with Gasteiger partial charge in [-0.15, -0.1) is 0 Å². The van der Waals surface area contributed by atoms with Gasteiger partial charge in [-0.1, -0.05) is 12.1 Å². The molecular weight excluding hydrogens is 382 g/mol. The second-order valence-corrected chi connectivity index (χ2v) is 7.94. The van der Waals surface area contributed by atoms with Crippen molar-refractivity contribution in [3.8, 4) is 0 Å². The molecule has 0 atom stereocenters. The van der Waals surface area contributed by atoms with Gasteiger partial charge >= 0.3 is 0 Å². The number of benzene rings is 2. The van der Waals surface area contributed by atoms with Crippen LogP contribution in [0.4, 0.5) is 11.4 Å². The fourth-order valence-electron chi connectivity index (χ4n) is 2.82. The minimum Gasteiger partial charge on any atom is -0.378 e. The summed E-state index contributed by atoms with van der Waals surface area (Å²) in [4.78, 5) is 25.5. The Labute approximate surface area is 163 Å². The molecule has 0 unspecified atom stereocenters. The molecule has 8 nitrogen and oxygen atoms in total. The first-order chi connectivity index (χ1) is 13.4. The van der Waals surface area contributed by atoms with Crippen LogP contribution in [0, 0.1) is 0 Å². The third-order valence-corrected chi connectivity index (χ3v) is 5.57. The molecule has 2 aromatic carbocycles. The normalized spacial score (nSPS) is 14.4. The molecule has 2 aromatic rings. The van der Waals surface area contributed by atoms with Crippen molar-refractivity contribution in [2.75, 3.05) is 36.3 Å². The van der Waals surface area contributed by atoms with Gasteiger partial charge in [0.05, 0.1) is 29.4 Å². The number of nitrogens with one attached hydrogen (secondary N) is 2. The van der Waals surface area contributed by atoms with Crippen LogP contribution in [0.2, 0.25) is 0 Å². The van der Waals surface area contributed by atoms with E-state index in [0.717, 1.165) is 0 Å². The predicted molar refractivity (Wildman–Crippen MR) is 105 cm³/mol. The number of para-hydroxylation sites is 1. The van der Waals surface area contributed by atoms with Crippen molar-refractivity contribution >= 4 is 33.2 Å². The average molecular weight is 403 g/mol. The number of hydrogen-bond donors (Lipinski definition) is 2. The lowest BCUT2D eigenvalue weighted by Gasteiger charge is -2.27. The monoisotopic (exact) mass is 403 g/mol. The Hall–Kier alpha value is -2.91. The average Bonchev–Trinajstić information content (AvgIpc) is 2.68. The van der Waals surface area contributed by atoms with Crippen molar-refractivity contribution < 1.29 is 22.7 Å². The van der Waals surface area contributed by atoms with E-state index in [0.29, 0.717) is 32.0 Å². The highest BCUT2D eigenvalue weighted by molar-refractivity contribution is 7.92. The maximum Gasteiger partial charge on any atom is 0.261 e. The summed E-state index contributed by atoms with van der Waals surface area (Å²) in [5.74, 6) is -0.494. The summed E-state index contributed by atoms with van der Waals surface area (Å²) in [5.41, 5.74) is 0.988. The molecule has 148 valence electrons. The van der Waals surface area contributed by atoms with Gasteiger partial charge in [-0.3, -0.25) is 14.3 Å². The van der Waals surface area contributed by atoms with E-state index in [4.69, 9.17) is 4.74 Å². The third-order valence-electron chi connectivity index (χ3n) is 4.19. The van der Waals surface area contributed by atoms with Crippen molar-refractivity contribution in [1.82, 2.24) is 4.90 Å². The van der Waals surface area contributed by atoms with E-state index in [1.54, 1.807) is 29.2 Å². The lowest BCUT2D eigenvalue weighted by molar-refractivity contribution is -0.114. The first kappa shape index (κ1) is 19.8. The largest absolute Gasteiger partial charge is 0.378 e. The number of rotatable bonds is 5. The molecular formula is C19H21N3O5S.